The fourth-order valence-electron chi connectivity index (χ4n) is 9.88. The molecule has 4 aliphatic carbocycles. The van der Waals surface area contributed by atoms with E-state index >= 15 is 0 Å². The number of Topliss-reactive ketones (excluding diaryl/α,β-unsaturated/α-hetero) is 2. The number of carbonyl (C=O) groups is 2. The predicted molar refractivity (Wildman–Crippen MR) is 136 cm³/mol. The van der Waals surface area contributed by atoms with E-state index in [-0.39, 0.29) is 40.7 Å². The van der Waals surface area contributed by atoms with E-state index in [0.29, 0.717) is 19.3 Å². The number of allylic oxidation sites excluding steroid dienone is 1. The second-order valence-electron chi connectivity index (χ2n) is 14.8. The van der Waals surface area contributed by atoms with Crippen LogP contribution in [0.25, 0.3) is 0 Å². The van der Waals surface area contributed by atoms with Crippen LogP contribution in [0.4, 0.5) is 0 Å². The van der Waals surface area contributed by atoms with Crippen LogP contribution in [0.1, 0.15) is 93.9 Å². The van der Waals surface area contributed by atoms with E-state index in [9.17, 15) is 24.9 Å². The van der Waals surface area contributed by atoms with E-state index in [2.05, 4.69) is 40.7 Å². The van der Waals surface area contributed by atoms with E-state index < -0.39 is 46.3 Å². The molecule has 0 aromatic heterocycles. The largest absolute Gasteiger partial charge is 0.393 e. The molecule has 0 spiro atoms. The van der Waals surface area contributed by atoms with Gasteiger partial charge in [0.05, 0.1) is 23.9 Å². The lowest BCUT2D eigenvalue weighted by Gasteiger charge is -2.64. The van der Waals surface area contributed by atoms with E-state index in [0.717, 1.165) is 12.8 Å². The highest BCUT2D eigenvalue weighted by atomic mass is 16.5. The van der Waals surface area contributed by atoms with E-state index in [1.54, 1.807) is 20.8 Å². The summed E-state index contributed by atoms with van der Waals surface area (Å²) in [6.07, 6.45) is 3.58. The van der Waals surface area contributed by atoms with Gasteiger partial charge in [0, 0.05) is 29.6 Å². The van der Waals surface area contributed by atoms with Crippen LogP contribution in [-0.2, 0) is 14.3 Å². The molecule has 4 fully saturated rings. The van der Waals surface area contributed by atoms with Crippen LogP contribution in [0.15, 0.2) is 11.6 Å². The molecule has 1 aliphatic heterocycles. The van der Waals surface area contributed by atoms with Crippen molar-refractivity contribution in [2.75, 3.05) is 0 Å². The molecule has 6 nitrogen and oxygen atoms in total. The Hall–Kier alpha value is -1.08. The molecule has 202 valence electrons. The van der Waals surface area contributed by atoms with Crippen molar-refractivity contribution in [3.8, 4) is 0 Å². The van der Waals surface area contributed by atoms with E-state index in [1.165, 1.54) is 5.57 Å². The summed E-state index contributed by atoms with van der Waals surface area (Å²) in [5, 5.41) is 33.0. The highest BCUT2D eigenvalue weighted by Gasteiger charge is 2.75. The molecule has 3 saturated carbocycles. The molecule has 1 saturated heterocycles. The summed E-state index contributed by atoms with van der Waals surface area (Å²) in [6, 6.07) is 0. The van der Waals surface area contributed by atoms with Crippen molar-refractivity contribution in [3.63, 3.8) is 0 Å². The zero-order valence-electron chi connectivity index (χ0n) is 23.4. The van der Waals surface area contributed by atoms with Crippen molar-refractivity contribution in [2.24, 2.45) is 39.4 Å². The van der Waals surface area contributed by atoms with Crippen LogP contribution in [0, 0.1) is 39.4 Å². The Morgan fingerprint density at radius 2 is 1.61 bits per heavy atom. The third kappa shape index (κ3) is 3.05. The van der Waals surface area contributed by atoms with Gasteiger partial charge >= 0.3 is 0 Å². The minimum Gasteiger partial charge on any atom is -0.393 e. The van der Waals surface area contributed by atoms with Crippen LogP contribution in [0.5, 0.6) is 0 Å². The fraction of sp³-hybridized carbons (Fsp3) is 0.867. The number of ketones is 2. The monoisotopic (exact) mass is 502 g/mol. The molecule has 1 heterocycles. The number of aliphatic hydroxyl groups is 3. The fourth-order valence-corrected chi connectivity index (χ4v) is 9.88. The van der Waals surface area contributed by atoms with Crippen LogP contribution in [-0.4, -0.2) is 56.4 Å². The molecule has 5 rings (SSSR count). The Kier molecular flexibility index (Phi) is 5.54. The standard InChI is InChI=1S/C30H46O6/c1-25(2)16-9-11-19-27(5)14-18(31)24(30(8)21(33)13-23(36-30)26(3,4)35)28(27,6)15-22(34)29(19,7)17(16)10-12-20(25)32/h9,17-20,23-24,31-32,35H,10-15H2,1-8H3. The summed E-state index contributed by atoms with van der Waals surface area (Å²) < 4.78 is 6.35. The molecule has 0 aromatic rings. The van der Waals surface area contributed by atoms with E-state index in [1.807, 2.05) is 0 Å². The van der Waals surface area contributed by atoms with Gasteiger partial charge in [0.25, 0.3) is 0 Å². The van der Waals surface area contributed by atoms with Gasteiger partial charge in [0.1, 0.15) is 11.4 Å². The normalized spacial score (nSPS) is 52.5. The van der Waals surface area contributed by atoms with Crippen molar-refractivity contribution >= 4 is 11.6 Å². The number of rotatable bonds is 2. The molecule has 0 aromatic carbocycles. The number of ether oxygens (including phenoxy) is 1. The van der Waals surface area contributed by atoms with Gasteiger partial charge < -0.3 is 20.1 Å². The Labute approximate surface area is 215 Å². The van der Waals surface area contributed by atoms with E-state index in [4.69, 9.17) is 4.74 Å². The molecule has 6 heteroatoms. The molecular formula is C30H46O6. The maximum atomic E-state index is 14.3. The van der Waals surface area contributed by atoms with Gasteiger partial charge in [-0.05, 0) is 69.1 Å². The van der Waals surface area contributed by atoms with Crippen LogP contribution >= 0.6 is 0 Å². The molecule has 10 atom stereocenters. The lowest BCUT2D eigenvalue weighted by Crippen LogP contribution is -2.64. The smallest absolute Gasteiger partial charge is 0.167 e. The van der Waals surface area contributed by atoms with Crippen molar-refractivity contribution in [3.05, 3.63) is 11.6 Å². The first-order valence-corrected chi connectivity index (χ1v) is 13.9. The molecular weight excluding hydrogens is 456 g/mol. The lowest BCUT2D eigenvalue weighted by atomic mass is 9.38. The maximum absolute atomic E-state index is 14.3. The average Bonchev–Trinajstić information content (AvgIpc) is 3.15. The number of fused-ring (bicyclic) bond motifs is 5. The average molecular weight is 503 g/mol. The molecule has 0 radical (unpaired) electrons. The maximum Gasteiger partial charge on any atom is 0.167 e. The lowest BCUT2D eigenvalue weighted by molar-refractivity contribution is -0.196. The zero-order chi connectivity index (χ0) is 26.9. The van der Waals surface area contributed by atoms with Gasteiger partial charge in [-0.2, -0.15) is 0 Å². The Morgan fingerprint density at radius 1 is 0.972 bits per heavy atom. The molecule has 0 bridgehead atoms. The summed E-state index contributed by atoms with van der Waals surface area (Å²) in [7, 11) is 0. The molecule has 0 amide bonds. The van der Waals surface area contributed by atoms with Gasteiger partial charge in [-0.1, -0.05) is 46.3 Å². The number of carbonyl (C=O) groups excluding carboxylic acids is 2. The first-order chi connectivity index (χ1) is 16.3. The van der Waals surface area contributed by atoms with Crippen molar-refractivity contribution in [1.29, 1.82) is 0 Å². The van der Waals surface area contributed by atoms with Gasteiger partial charge in [-0.25, -0.2) is 0 Å². The predicted octanol–water partition coefficient (Wildman–Crippen LogP) is 3.99. The van der Waals surface area contributed by atoms with Crippen molar-refractivity contribution in [2.45, 2.75) is 123 Å². The van der Waals surface area contributed by atoms with Crippen LogP contribution in [0.2, 0.25) is 0 Å². The van der Waals surface area contributed by atoms with Crippen LogP contribution in [0.3, 0.4) is 0 Å². The molecule has 5 aliphatic rings. The summed E-state index contributed by atoms with van der Waals surface area (Å²) in [5.74, 6) is -0.306. The highest BCUT2D eigenvalue weighted by Crippen LogP contribution is 2.74. The second kappa shape index (κ2) is 7.52. The minimum absolute atomic E-state index is 0.0286. The molecule has 36 heavy (non-hydrogen) atoms. The first kappa shape index (κ1) is 26.5. The first-order valence-electron chi connectivity index (χ1n) is 13.9. The summed E-state index contributed by atoms with van der Waals surface area (Å²) >= 11 is 0. The van der Waals surface area contributed by atoms with Gasteiger partial charge in [-0.15, -0.1) is 0 Å². The van der Waals surface area contributed by atoms with Crippen LogP contribution < -0.4 is 0 Å². The summed E-state index contributed by atoms with van der Waals surface area (Å²) in [6.45, 7) is 15.7. The summed E-state index contributed by atoms with van der Waals surface area (Å²) in [4.78, 5) is 27.8. The van der Waals surface area contributed by atoms with Gasteiger partial charge in [-0.3, -0.25) is 9.59 Å². The summed E-state index contributed by atoms with van der Waals surface area (Å²) in [5.41, 5.74) is -3.14. The number of hydrogen-bond donors (Lipinski definition) is 3. The Bertz CT molecular complexity index is 1020. The second-order valence-corrected chi connectivity index (χ2v) is 14.8. The topological polar surface area (TPSA) is 104 Å². The third-order valence-corrected chi connectivity index (χ3v) is 12.3. The third-order valence-electron chi connectivity index (χ3n) is 12.3. The Morgan fingerprint density at radius 3 is 2.19 bits per heavy atom. The Balaban J connectivity index is 1.59. The minimum atomic E-state index is -1.25. The molecule has 3 N–H and O–H groups in total. The zero-order valence-corrected chi connectivity index (χ0v) is 23.4. The highest BCUT2D eigenvalue weighted by molar-refractivity contribution is 5.91. The van der Waals surface area contributed by atoms with Gasteiger partial charge in [0.15, 0.2) is 5.78 Å². The molecule has 10 unspecified atom stereocenters. The number of hydrogen-bond acceptors (Lipinski definition) is 6. The quantitative estimate of drug-likeness (QED) is 0.493. The number of aliphatic hydroxyl groups excluding tert-OH is 2. The van der Waals surface area contributed by atoms with Gasteiger partial charge in [0.2, 0.25) is 0 Å². The van der Waals surface area contributed by atoms with Crippen molar-refractivity contribution in [1.82, 2.24) is 0 Å². The van der Waals surface area contributed by atoms with Crippen molar-refractivity contribution < 1.29 is 29.6 Å². The SMILES string of the molecule is CC(C)(O)C1CC(=O)C(C)(C2C(O)CC3(C)C4CC=C5C(CCC(O)C5(C)C)C4(C)C(=O)CC23C)O1.